The Morgan fingerprint density at radius 3 is 2.50 bits per heavy atom. The Kier molecular flexibility index (Phi) is 7.22. The van der Waals surface area contributed by atoms with Crippen LogP contribution in [0, 0.1) is 0 Å². The molecule has 0 aromatic heterocycles. The van der Waals surface area contributed by atoms with Gasteiger partial charge < -0.3 is 19.9 Å². The Labute approximate surface area is 109 Å². The molecule has 0 aliphatic rings. The fraction of sp³-hybridized carbons (Fsp3) is 0.571. The van der Waals surface area contributed by atoms with Gasteiger partial charge in [-0.05, 0) is 44.5 Å². The lowest BCUT2D eigenvalue weighted by atomic mass is 10.2. The molecule has 4 nitrogen and oxygen atoms in total. The molecule has 0 atom stereocenters. The Hall–Kier alpha value is -1.26. The Morgan fingerprint density at radius 1 is 1.11 bits per heavy atom. The number of nitrogens with one attached hydrogen (secondary N) is 1. The molecule has 18 heavy (non-hydrogen) atoms. The van der Waals surface area contributed by atoms with Gasteiger partial charge in [-0.2, -0.15) is 0 Å². The summed E-state index contributed by atoms with van der Waals surface area (Å²) in [5.74, 6) is 1.58. The van der Waals surface area contributed by atoms with E-state index in [0.717, 1.165) is 36.6 Å². The fourth-order valence-corrected chi connectivity index (χ4v) is 1.64. The average molecular weight is 253 g/mol. The molecule has 1 aromatic rings. The van der Waals surface area contributed by atoms with Gasteiger partial charge in [0.1, 0.15) is 0 Å². The third-order valence-corrected chi connectivity index (χ3v) is 2.45. The molecule has 0 saturated carbocycles. The van der Waals surface area contributed by atoms with E-state index in [1.54, 1.807) is 0 Å². The predicted octanol–water partition coefficient (Wildman–Crippen LogP) is 1.96. The molecule has 4 heteroatoms. The van der Waals surface area contributed by atoms with Crippen molar-refractivity contribution in [1.82, 2.24) is 5.32 Å². The van der Waals surface area contributed by atoms with Gasteiger partial charge in [0, 0.05) is 13.2 Å². The van der Waals surface area contributed by atoms with Crippen molar-refractivity contribution >= 4 is 0 Å². The van der Waals surface area contributed by atoms with Crippen molar-refractivity contribution in [3.05, 3.63) is 23.8 Å². The topological polar surface area (TPSA) is 50.7 Å². The first-order valence-electron chi connectivity index (χ1n) is 6.51. The third-order valence-electron chi connectivity index (χ3n) is 2.45. The van der Waals surface area contributed by atoms with Crippen LogP contribution in [0.5, 0.6) is 11.5 Å². The zero-order chi connectivity index (χ0) is 13.2. The molecule has 0 unspecified atom stereocenters. The highest BCUT2D eigenvalue weighted by Crippen LogP contribution is 2.28. The Morgan fingerprint density at radius 2 is 1.83 bits per heavy atom. The van der Waals surface area contributed by atoms with Crippen LogP contribution < -0.4 is 14.8 Å². The molecule has 0 fully saturated rings. The van der Waals surface area contributed by atoms with Crippen molar-refractivity contribution in [2.24, 2.45) is 0 Å². The maximum Gasteiger partial charge on any atom is 0.161 e. The first-order chi connectivity index (χ1) is 8.81. The first kappa shape index (κ1) is 14.8. The zero-order valence-electron chi connectivity index (χ0n) is 11.2. The lowest BCUT2D eigenvalue weighted by Gasteiger charge is -2.12. The quantitative estimate of drug-likeness (QED) is 0.661. The number of aliphatic hydroxyl groups excluding tert-OH is 1. The molecule has 1 rings (SSSR count). The second kappa shape index (κ2) is 8.78. The smallest absolute Gasteiger partial charge is 0.161 e. The van der Waals surface area contributed by atoms with Crippen molar-refractivity contribution in [3.8, 4) is 11.5 Å². The van der Waals surface area contributed by atoms with E-state index in [1.165, 1.54) is 0 Å². The maximum absolute atomic E-state index is 8.70. The van der Waals surface area contributed by atoms with Crippen LogP contribution in [0.3, 0.4) is 0 Å². The van der Waals surface area contributed by atoms with Gasteiger partial charge in [0.2, 0.25) is 0 Å². The summed E-state index contributed by atoms with van der Waals surface area (Å²) in [7, 11) is 0. The minimum atomic E-state index is 0.223. The van der Waals surface area contributed by atoms with Gasteiger partial charge in [0.25, 0.3) is 0 Å². The second-order valence-electron chi connectivity index (χ2n) is 3.90. The third kappa shape index (κ3) is 4.94. The summed E-state index contributed by atoms with van der Waals surface area (Å²) in [5, 5.41) is 12.0. The molecule has 0 aliphatic carbocycles. The minimum Gasteiger partial charge on any atom is -0.490 e. The van der Waals surface area contributed by atoms with Crippen LogP contribution in [-0.4, -0.2) is 31.5 Å². The summed E-state index contributed by atoms with van der Waals surface area (Å²) >= 11 is 0. The van der Waals surface area contributed by atoms with E-state index in [2.05, 4.69) is 5.32 Å². The van der Waals surface area contributed by atoms with Crippen molar-refractivity contribution < 1.29 is 14.6 Å². The standard InChI is InChI=1S/C14H23NO3/c1-3-17-13-7-6-12(10-14(13)18-4-2)11-15-8-5-9-16/h6-7,10,15-16H,3-5,8-9,11H2,1-2H3. The summed E-state index contributed by atoms with van der Waals surface area (Å²) in [6.45, 7) is 6.98. The number of benzene rings is 1. The zero-order valence-corrected chi connectivity index (χ0v) is 11.2. The minimum absolute atomic E-state index is 0.223. The summed E-state index contributed by atoms with van der Waals surface area (Å²) in [4.78, 5) is 0. The molecule has 0 bridgehead atoms. The molecule has 102 valence electrons. The molecular weight excluding hydrogens is 230 g/mol. The van der Waals surface area contributed by atoms with Crippen LogP contribution >= 0.6 is 0 Å². The first-order valence-corrected chi connectivity index (χ1v) is 6.51. The van der Waals surface area contributed by atoms with E-state index >= 15 is 0 Å². The highest BCUT2D eigenvalue weighted by molar-refractivity contribution is 5.43. The fourth-order valence-electron chi connectivity index (χ4n) is 1.64. The Balaban J connectivity index is 2.61. The van der Waals surface area contributed by atoms with Crippen molar-refractivity contribution in [3.63, 3.8) is 0 Å². The van der Waals surface area contributed by atoms with E-state index in [1.807, 2.05) is 32.0 Å². The molecule has 0 heterocycles. The van der Waals surface area contributed by atoms with Crippen LogP contribution in [0.1, 0.15) is 25.8 Å². The van der Waals surface area contributed by atoms with Crippen molar-refractivity contribution in [2.45, 2.75) is 26.8 Å². The molecule has 0 spiro atoms. The van der Waals surface area contributed by atoms with Gasteiger partial charge >= 0.3 is 0 Å². The number of hydrogen-bond donors (Lipinski definition) is 2. The Bertz CT molecular complexity index is 342. The normalized spacial score (nSPS) is 10.4. The number of rotatable bonds is 9. The highest BCUT2D eigenvalue weighted by atomic mass is 16.5. The highest BCUT2D eigenvalue weighted by Gasteiger charge is 2.05. The number of ether oxygens (including phenoxy) is 2. The molecule has 0 saturated heterocycles. The summed E-state index contributed by atoms with van der Waals surface area (Å²) in [6.07, 6.45) is 0.773. The molecular formula is C14H23NO3. The van der Waals surface area contributed by atoms with Gasteiger partial charge in [-0.25, -0.2) is 0 Å². The van der Waals surface area contributed by atoms with E-state index < -0.39 is 0 Å². The summed E-state index contributed by atoms with van der Waals surface area (Å²) in [5.41, 5.74) is 1.15. The van der Waals surface area contributed by atoms with Crippen molar-refractivity contribution in [2.75, 3.05) is 26.4 Å². The summed E-state index contributed by atoms with van der Waals surface area (Å²) < 4.78 is 11.1. The summed E-state index contributed by atoms with van der Waals surface area (Å²) in [6, 6.07) is 5.97. The lowest BCUT2D eigenvalue weighted by molar-refractivity contribution is 0.285. The van der Waals surface area contributed by atoms with Crippen LogP contribution in [0.4, 0.5) is 0 Å². The number of aliphatic hydroxyl groups is 1. The monoisotopic (exact) mass is 253 g/mol. The van der Waals surface area contributed by atoms with E-state index in [4.69, 9.17) is 14.6 Å². The van der Waals surface area contributed by atoms with Gasteiger partial charge in [-0.15, -0.1) is 0 Å². The largest absolute Gasteiger partial charge is 0.490 e. The van der Waals surface area contributed by atoms with E-state index in [0.29, 0.717) is 13.2 Å². The van der Waals surface area contributed by atoms with Crippen LogP contribution in [0.15, 0.2) is 18.2 Å². The average Bonchev–Trinajstić information content (AvgIpc) is 2.38. The van der Waals surface area contributed by atoms with Crippen LogP contribution in [0.25, 0.3) is 0 Å². The SMILES string of the molecule is CCOc1ccc(CNCCCO)cc1OCC. The van der Waals surface area contributed by atoms with Crippen LogP contribution in [0.2, 0.25) is 0 Å². The van der Waals surface area contributed by atoms with Crippen molar-refractivity contribution in [1.29, 1.82) is 0 Å². The van der Waals surface area contributed by atoms with E-state index in [9.17, 15) is 0 Å². The van der Waals surface area contributed by atoms with Crippen LogP contribution in [-0.2, 0) is 6.54 Å². The molecule has 0 amide bonds. The second-order valence-corrected chi connectivity index (χ2v) is 3.90. The molecule has 0 radical (unpaired) electrons. The van der Waals surface area contributed by atoms with Gasteiger partial charge in [-0.1, -0.05) is 6.07 Å². The molecule has 2 N–H and O–H groups in total. The van der Waals surface area contributed by atoms with Gasteiger partial charge in [0.15, 0.2) is 11.5 Å². The molecule has 0 aliphatic heterocycles. The molecule has 1 aromatic carbocycles. The maximum atomic E-state index is 8.70. The van der Waals surface area contributed by atoms with E-state index in [-0.39, 0.29) is 6.61 Å². The predicted molar refractivity (Wildman–Crippen MR) is 72.2 cm³/mol. The number of hydrogen-bond acceptors (Lipinski definition) is 4. The van der Waals surface area contributed by atoms with Gasteiger partial charge in [0.05, 0.1) is 13.2 Å². The van der Waals surface area contributed by atoms with Gasteiger partial charge in [-0.3, -0.25) is 0 Å². The lowest BCUT2D eigenvalue weighted by Crippen LogP contribution is -2.15.